The highest BCUT2D eigenvalue weighted by Gasteiger charge is 2.12. The number of amides is 1. The number of anilines is 2. The van der Waals surface area contributed by atoms with Gasteiger partial charge < -0.3 is 20.6 Å². The molecule has 1 heterocycles. The molecule has 0 spiro atoms. The lowest BCUT2D eigenvalue weighted by Gasteiger charge is -2.22. The fourth-order valence-corrected chi connectivity index (χ4v) is 2.51. The molecule has 0 saturated carbocycles. The molecule has 1 aromatic carbocycles. The summed E-state index contributed by atoms with van der Waals surface area (Å²) < 4.78 is 1.57. The quantitative estimate of drug-likeness (QED) is 0.678. The zero-order chi connectivity index (χ0) is 17.5. The van der Waals surface area contributed by atoms with Crippen LogP contribution in [0, 0.1) is 0 Å². The van der Waals surface area contributed by atoms with E-state index in [1.165, 1.54) is 5.56 Å². The molecule has 2 aromatic rings. The molecule has 7 heteroatoms. The molecule has 0 aliphatic rings. The lowest BCUT2D eigenvalue weighted by Crippen LogP contribution is -2.30. The Morgan fingerprint density at radius 1 is 1.38 bits per heavy atom. The Balaban J connectivity index is 2.00. The van der Waals surface area contributed by atoms with Gasteiger partial charge in [-0.1, -0.05) is 18.2 Å². The highest BCUT2D eigenvalue weighted by molar-refractivity contribution is 5.75. The average molecular weight is 331 g/mol. The van der Waals surface area contributed by atoms with Crippen molar-refractivity contribution in [3.8, 4) is 0 Å². The zero-order valence-electron chi connectivity index (χ0n) is 14.4. The lowest BCUT2D eigenvalue weighted by molar-refractivity contribution is -0.122. The number of nitrogens with zero attached hydrogens (tertiary/aromatic N) is 3. The van der Waals surface area contributed by atoms with Crippen LogP contribution in [0.1, 0.15) is 18.5 Å². The molecule has 0 aliphatic carbocycles. The number of aliphatic hydroxyl groups excluding tert-OH is 1. The summed E-state index contributed by atoms with van der Waals surface area (Å²) >= 11 is 0. The maximum atomic E-state index is 11.6. The zero-order valence-corrected chi connectivity index (χ0v) is 14.4. The minimum atomic E-state index is -0.176. The number of hydrogen-bond acceptors (Lipinski definition) is 5. The van der Waals surface area contributed by atoms with E-state index in [1.54, 1.807) is 17.1 Å². The highest BCUT2D eigenvalue weighted by Crippen LogP contribution is 2.27. The predicted octanol–water partition coefficient (Wildman–Crippen LogP) is 1.23. The molecule has 7 nitrogen and oxygen atoms in total. The van der Waals surface area contributed by atoms with E-state index in [2.05, 4.69) is 39.7 Å². The first kappa shape index (κ1) is 17.8. The van der Waals surface area contributed by atoms with Gasteiger partial charge in [-0.25, -0.2) is 0 Å². The summed E-state index contributed by atoms with van der Waals surface area (Å²) in [7, 11) is 4.04. The Morgan fingerprint density at radius 2 is 2.12 bits per heavy atom. The van der Waals surface area contributed by atoms with Gasteiger partial charge in [-0.05, 0) is 18.6 Å². The summed E-state index contributed by atoms with van der Waals surface area (Å²) in [5, 5.41) is 18.9. The van der Waals surface area contributed by atoms with E-state index >= 15 is 0 Å². The normalized spacial score (nSPS) is 11.8. The van der Waals surface area contributed by atoms with Crippen molar-refractivity contribution >= 4 is 17.3 Å². The maximum Gasteiger partial charge on any atom is 0.241 e. The van der Waals surface area contributed by atoms with Gasteiger partial charge in [0, 0.05) is 32.5 Å². The second kappa shape index (κ2) is 8.35. The number of aromatic nitrogens is 2. The molecule has 130 valence electrons. The minimum absolute atomic E-state index is 0.0690. The van der Waals surface area contributed by atoms with Crippen LogP contribution in [-0.4, -0.2) is 48.0 Å². The van der Waals surface area contributed by atoms with Crippen molar-refractivity contribution in [2.45, 2.75) is 19.5 Å². The van der Waals surface area contributed by atoms with Crippen LogP contribution >= 0.6 is 0 Å². The van der Waals surface area contributed by atoms with E-state index < -0.39 is 0 Å². The number of carbonyl (C=O) groups is 1. The molecule has 1 aromatic heterocycles. The van der Waals surface area contributed by atoms with Crippen LogP contribution in [0.5, 0.6) is 0 Å². The Labute approximate surface area is 142 Å². The Hall–Kier alpha value is -2.54. The first-order valence-corrected chi connectivity index (χ1v) is 7.94. The van der Waals surface area contributed by atoms with Crippen molar-refractivity contribution < 1.29 is 9.90 Å². The van der Waals surface area contributed by atoms with E-state index in [0.29, 0.717) is 0 Å². The molecule has 2 rings (SSSR count). The molecule has 1 atom stereocenters. The molecule has 0 saturated heterocycles. The summed E-state index contributed by atoms with van der Waals surface area (Å²) in [4.78, 5) is 13.7. The van der Waals surface area contributed by atoms with Gasteiger partial charge in [0.1, 0.15) is 6.54 Å². The van der Waals surface area contributed by atoms with E-state index in [-0.39, 0.29) is 31.6 Å². The van der Waals surface area contributed by atoms with Gasteiger partial charge in [0.05, 0.1) is 24.5 Å². The van der Waals surface area contributed by atoms with Gasteiger partial charge in [-0.2, -0.15) is 5.10 Å². The minimum Gasteiger partial charge on any atom is -0.395 e. The predicted molar refractivity (Wildman–Crippen MR) is 95.1 cm³/mol. The van der Waals surface area contributed by atoms with Gasteiger partial charge in [0.2, 0.25) is 5.91 Å². The molecule has 24 heavy (non-hydrogen) atoms. The van der Waals surface area contributed by atoms with Crippen molar-refractivity contribution in [3.05, 3.63) is 42.2 Å². The Morgan fingerprint density at radius 3 is 2.83 bits per heavy atom. The fourth-order valence-electron chi connectivity index (χ4n) is 2.51. The molecular formula is C17H25N5O2. The number of para-hydroxylation sites is 1. The highest BCUT2D eigenvalue weighted by atomic mass is 16.3. The fraction of sp³-hybridized carbons (Fsp3) is 0.412. The number of nitrogens with one attached hydrogen (secondary N) is 2. The number of carbonyl (C=O) groups excluding carboxylic acids is 1. The van der Waals surface area contributed by atoms with Crippen LogP contribution in [0.2, 0.25) is 0 Å². The monoisotopic (exact) mass is 331 g/mol. The van der Waals surface area contributed by atoms with Gasteiger partial charge in [0.25, 0.3) is 0 Å². The SMILES string of the molecule is CC(Nc1cnn(CC(=O)NCCO)c1)c1ccccc1N(C)C. The average Bonchev–Trinajstić information content (AvgIpc) is 2.99. The molecule has 1 unspecified atom stereocenters. The molecule has 0 aliphatic heterocycles. The van der Waals surface area contributed by atoms with E-state index in [1.807, 2.05) is 26.2 Å². The van der Waals surface area contributed by atoms with E-state index in [0.717, 1.165) is 11.4 Å². The van der Waals surface area contributed by atoms with Crippen molar-refractivity contribution in [3.63, 3.8) is 0 Å². The van der Waals surface area contributed by atoms with Crippen molar-refractivity contribution in [2.24, 2.45) is 0 Å². The first-order chi connectivity index (χ1) is 11.5. The van der Waals surface area contributed by atoms with Gasteiger partial charge in [-0.3, -0.25) is 9.48 Å². The van der Waals surface area contributed by atoms with Gasteiger partial charge >= 0.3 is 0 Å². The Bertz CT molecular complexity index is 669. The van der Waals surface area contributed by atoms with Crippen LogP contribution < -0.4 is 15.5 Å². The number of aliphatic hydroxyl groups is 1. The van der Waals surface area contributed by atoms with Gasteiger partial charge in [0.15, 0.2) is 0 Å². The van der Waals surface area contributed by atoms with Crippen molar-refractivity contribution in [1.82, 2.24) is 15.1 Å². The summed E-state index contributed by atoms with van der Waals surface area (Å²) in [5.74, 6) is -0.176. The second-order valence-electron chi connectivity index (χ2n) is 5.82. The molecule has 3 N–H and O–H groups in total. The molecular weight excluding hydrogens is 306 g/mol. The third kappa shape index (κ3) is 4.73. The van der Waals surface area contributed by atoms with E-state index in [9.17, 15) is 4.79 Å². The third-order valence-corrected chi connectivity index (χ3v) is 3.64. The van der Waals surface area contributed by atoms with Crippen LogP contribution in [0.25, 0.3) is 0 Å². The van der Waals surface area contributed by atoms with Crippen molar-refractivity contribution in [1.29, 1.82) is 0 Å². The molecule has 0 fully saturated rings. The largest absolute Gasteiger partial charge is 0.395 e. The summed E-state index contributed by atoms with van der Waals surface area (Å²) in [6.07, 6.45) is 3.50. The van der Waals surface area contributed by atoms with Crippen molar-refractivity contribution in [2.75, 3.05) is 37.5 Å². The van der Waals surface area contributed by atoms with Crippen LogP contribution in [0.15, 0.2) is 36.7 Å². The standard InChI is InChI=1S/C17H25N5O2/c1-13(15-6-4-5-7-16(15)21(2)3)20-14-10-19-22(11-14)12-17(24)18-8-9-23/h4-7,10-11,13,20,23H,8-9,12H2,1-3H3,(H,18,24). The van der Waals surface area contributed by atoms with Gasteiger partial charge in [-0.15, -0.1) is 0 Å². The Kier molecular flexibility index (Phi) is 6.20. The second-order valence-corrected chi connectivity index (χ2v) is 5.82. The number of benzene rings is 1. The summed E-state index contributed by atoms with van der Waals surface area (Å²) in [6, 6.07) is 8.33. The topological polar surface area (TPSA) is 82.4 Å². The van der Waals surface area contributed by atoms with E-state index in [4.69, 9.17) is 5.11 Å². The molecule has 0 radical (unpaired) electrons. The lowest BCUT2D eigenvalue weighted by atomic mass is 10.1. The molecule has 0 bridgehead atoms. The number of rotatable bonds is 8. The summed E-state index contributed by atoms with van der Waals surface area (Å²) in [5.41, 5.74) is 3.20. The van der Waals surface area contributed by atoms with Crippen LogP contribution in [0.4, 0.5) is 11.4 Å². The first-order valence-electron chi connectivity index (χ1n) is 7.94. The molecule has 1 amide bonds. The summed E-state index contributed by atoms with van der Waals surface area (Å²) in [6.45, 7) is 2.40. The third-order valence-electron chi connectivity index (χ3n) is 3.64. The van der Waals surface area contributed by atoms with Crippen LogP contribution in [0.3, 0.4) is 0 Å². The maximum absolute atomic E-state index is 11.6. The van der Waals surface area contributed by atoms with Crippen LogP contribution in [-0.2, 0) is 11.3 Å². The smallest absolute Gasteiger partial charge is 0.241 e. The number of hydrogen-bond donors (Lipinski definition) is 3.